The van der Waals surface area contributed by atoms with E-state index in [2.05, 4.69) is 45.1 Å². The van der Waals surface area contributed by atoms with E-state index in [9.17, 15) is 5.11 Å². The highest BCUT2D eigenvalue weighted by molar-refractivity contribution is 5.14. The van der Waals surface area contributed by atoms with Crippen LogP contribution in [0, 0.1) is 5.41 Å². The summed E-state index contributed by atoms with van der Waals surface area (Å²) in [6, 6.07) is 0. The Morgan fingerprint density at radius 3 is 2.62 bits per heavy atom. The summed E-state index contributed by atoms with van der Waals surface area (Å²) in [4.78, 5) is 0. The normalized spacial score (nSPS) is 35.2. The smallest absolute Gasteiger partial charge is 0.0781 e. The lowest BCUT2D eigenvalue weighted by Crippen LogP contribution is -2.09. The van der Waals surface area contributed by atoms with Crippen LogP contribution in [0.25, 0.3) is 0 Å². The van der Waals surface area contributed by atoms with Gasteiger partial charge in [-0.1, -0.05) is 43.7 Å². The number of allylic oxidation sites excluding steroid dienone is 4. The summed E-state index contributed by atoms with van der Waals surface area (Å²) in [5.41, 5.74) is 2.61. The second kappa shape index (κ2) is 5.49. The van der Waals surface area contributed by atoms with Crippen LogP contribution < -0.4 is 0 Å². The van der Waals surface area contributed by atoms with Crippen LogP contribution in [-0.4, -0.2) is 11.2 Å². The summed E-state index contributed by atoms with van der Waals surface area (Å²) < 4.78 is 0. The summed E-state index contributed by atoms with van der Waals surface area (Å²) in [6.07, 6.45) is 11.2. The van der Waals surface area contributed by atoms with Gasteiger partial charge in [-0.05, 0) is 44.1 Å². The summed E-state index contributed by atoms with van der Waals surface area (Å²) in [5.74, 6) is 0. The van der Waals surface area contributed by atoms with Gasteiger partial charge in [-0.25, -0.2) is 0 Å². The summed E-state index contributed by atoms with van der Waals surface area (Å²) in [6.45, 7) is 8.61. The van der Waals surface area contributed by atoms with E-state index < -0.39 is 0 Å². The third kappa shape index (κ3) is 4.36. The van der Waals surface area contributed by atoms with Crippen LogP contribution in [0.15, 0.2) is 35.5 Å². The van der Waals surface area contributed by atoms with Gasteiger partial charge in [-0.3, -0.25) is 0 Å². The third-order valence-electron chi connectivity index (χ3n) is 3.17. The molecule has 16 heavy (non-hydrogen) atoms. The highest BCUT2D eigenvalue weighted by Crippen LogP contribution is 2.25. The number of aliphatic hydroxyl groups is 1. The van der Waals surface area contributed by atoms with E-state index in [0.29, 0.717) is 0 Å². The van der Waals surface area contributed by atoms with E-state index >= 15 is 0 Å². The lowest BCUT2D eigenvalue weighted by molar-refractivity contribution is 0.213. The molecule has 0 amide bonds. The number of rotatable bonds is 0. The molecule has 1 heteroatoms. The molecule has 0 aromatic carbocycles. The third-order valence-corrected chi connectivity index (χ3v) is 3.17. The quantitative estimate of drug-likeness (QED) is 0.612. The van der Waals surface area contributed by atoms with E-state index in [1.807, 2.05) is 6.92 Å². The molecule has 1 nitrogen and oxygen atoms in total. The van der Waals surface area contributed by atoms with Crippen LogP contribution >= 0.6 is 0 Å². The Morgan fingerprint density at radius 2 is 1.94 bits per heavy atom. The highest BCUT2D eigenvalue weighted by atomic mass is 16.3. The Kier molecular flexibility index (Phi) is 4.55. The Balaban J connectivity index is 2.90. The van der Waals surface area contributed by atoms with Crippen LogP contribution in [0.1, 0.15) is 47.0 Å². The first-order valence-corrected chi connectivity index (χ1v) is 6.09. The van der Waals surface area contributed by atoms with Crippen molar-refractivity contribution in [2.24, 2.45) is 5.41 Å². The molecular formula is C15H24O. The van der Waals surface area contributed by atoms with Crippen molar-refractivity contribution in [3.8, 4) is 0 Å². The van der Waals surface area contributed by atoms with Crippen LogP contribution in [-0.2, 0) is 0 Å². The fourth-order valence-corrected chi connectivity index (χ4v) is 1.77. The first kappa shape index (κ1) is 13.2. The zero-order valence-corrected chi connectivity index (χ0v) is 11.0. The van der Waals surface area contributed by atoms with Crippen molar-refractivity contribution in [2.45, 2.75) is 53.1 Å². The molecule has 0 heterocycles. The van der Waals surface area contributed by atoms with Crippen molar-refractivity contribution in [1.29, 1.82) is 0 Å². The zero-order chi connectivity index (χ0) is 12.2. The maximum absolute atomic E-state index is 9.95. The lowest BCUT2D eigenvalue weighted by Gasteiger charge is -2.19. The van der Waals surface area contributed by atoms with Crippen LogP contribution in [0.3, 0.4) is 0 Å². The van der Waals surface area contributed by atoms with Gasteiger partial charge in [0, 0.05) is 0 Å². The molecule has 0 bridgehead atoms. The first-order chi connectivity index (χ1) is 7.41. The minimum Gasteiger partial charge on any atom is -0.388 e. The monoisotopic (exact) mass is 220 g/mol. The van der Waals surface area contributed by atoms with Crippen LogP contribution in [0.4, 0.5) is 0 Å². The molecule has 0 saturated carbocycles. The van der Waals surface area contributed by atoms with Crippen molar-refractivity contribution in [2.75, 3.05) is 0 Å². The Morgan fingerprint density at radius 1 is 1.25 bits per heavy atom. The molecule has 0 aromatic heterocycles. The Hall–Kier alpha value is -0.820. The molecule has 90 valence electrons. The average molecular weight is 220 g/mol. The second-order valence-corrected chi connectivity index (χ2v) is 5.55. The molecule has 1 rings (SSSR count). The summed E-state index contributed by atoms with van der Waals surface area (Å²) in [5, 5.41) is 9.95. The molecule has 0 fully saturated rings. The van der Waals surface area contributed by atoms with Gasteiger partial charge in [0.2, 0.25) is 0 Å². The maximum atomic E-state index is 9.95. The number of aliphatic hydroxyl groups excluding tert-OH is 1. The Bertz CT molecular complexity index is 318. The van der Waals surface area contributed by atoms with Crippen LogP contribution in [0.2, 0.25) is 0 Å². The van der Waals surface area contributed by atoms with E-state index in [1.165, 1.54) is 5.57 Å². The van der Waals surface area contributed by atoms with Gasteiger partial charge in [0.05, 0.1) is 6.10 Å². The average Bonchev–Trinajstić information content (AvgIpc) is 2.22. The minimum absolute atomic E-state index is 0.186. The SMILES string of the molecule is C/C1=C/CC(O)/C(C)=C\CC(C)(C)/C=C\C1. The summed E-state index contributed by atoms with van der Waals surface area (Å²) in [7, 11) is 0. The minimum atomic E-state index is -0.316. The van der Waals surface area contributed by atoms with E-state index in [-0.39, 0.29) is 11.5 Å². The molecule has 0 radical (unpaired) electrons. The van der Waals surface area contributed by atoms with Crippen molar-refractivity contribution in [1.82, 2.24) is 0 Å². The van der Waals surface area contributed by atoms with Crippen molar-refractivity contribution in [3.05, 3.63) is 35.5 Å². The molecule has 1 aliphatic carbocycles. The van der Waals surface area contributed by atoms with Crippen molar-refractivity contribution >= 4 is 0 Å². The second-order valence-electron chi connectivity index (χ2n) is 5.55. The Labute approximate surface area is 99.6 Å². The maximum Gasteiger partial charge on any atom is 0.0781 e. The molecular weight excluding hydrogens is 196 g/mol. The predicted molar refractivity (Wildman–Crippen MR) is 70.3 cm³/mol. The van der Waals surface area contributed by atoms with Gasteiger partial charge in [0.1, 0.15) is 0 Å². The molecule has 1 atom stereocenters. The van der Waals surface area contributed by atoms with Gasteiger partial charge < -0.3 is 5.11 Å². The molecule has 0 aromatic rings. The predicted octanol–water partition coefficient (Wildman–Crippen LogP) is 4.01. The fourth-order valence-electron chi connectivity index (χ4n) is 1.77. The standard InChI is InChI=1S/C15H24O/c1-12-6-5-10-15(3,4)11-9-13(2)14(16)8-7-12/h5,7,9-10,14,16H,6,8,11H2,1-4H3/b10-5-,12-7-,13-9-. The van der Waals surface area contributed by atoms with Gasteiger partial charge in [0.25, 0.3) is 0 Å². The van der Waals surface area contributed by atoms with Gasteiger partial charge in [-0.15, -0.1) is 0 Å². The van der Waals surface area contributed by atoms with Crippen molar-refractivity contribution in [3.63, 3.8) is 0 Å². The lowest BCUT2D eigenvalue weighted by atomic mass is 9.87. The molecule has 1 N–H and O–H groups in total. The van der Waals surface area contributed by atoms with Gasteiger partial charge in [-0.2, -0.15) is 0 Å². The van der Waals surface area contributed by atoms with E-state index in [0.717, 1.165) is 24.8 Å². The fraction of sp³-hybridized carbons (Fsp3) is 0.600. The van der Waals surface area contributed by atoms with E-state index in [1.54, 1.807) is 0 Å². The number of hydrogen-bond acceptors (Lipinski definition) is 1. The molecule has 0 spiro atoms. The first-order valence-electron chi connectivity index (χ1n) is 6.09. The number of hydrogen-bond donors (Lipinski definition) is 1. The molecule has 0 saturated heterocycles. The molecule has 1 aliphatic rings. The molecule has 1 unspecified atom stereocenters. The zero-order valence-electron chi connectivity index (χ0n) is 11.0. The van der Waals surface area contributed by atoms with E-state index in [4.69, 9.17) is 0 Å². The van der Waals surface area contributed by atoms with Crippen molar-refractivity contribution < 1.29 is 5.11 Å². The van der Waals surface area contributed by atoms with Gasteiger partial charge >= 0.3 is 0 Å². The van der Waals surface area contributed by atoms with Crippen LogP contribution in [0.5, 0.6) is 0 Å². The topological polar surface area (TPSA) is 20.2 Å². The highest BCUT2D eigenvalue weighted by Gasteiger charge is 2.14. The largest absolute Gasteiger partial charge is 0.388 e. The summed E-state index contributed by atoms with van der Waals surface area (Å²) >= 11 is 0. The molecule has 0 aliphatic heterocycles. The van der Waals surface area contributed by atoms with Gasteiger partial charge in [0.15, 0.2) is 0 Å².